The Balaban J connectivity index is 4.36. The van der Waals surface area contributed by atoms with Gasteiger partial charge in [0, 0.05) is 0 Å². The molecule has 84 valence electrons. The Kier molecular flexibility index (Phi) is 4.59. The predicted octanol–water partition coefficient (Wildman–Crippen LogP) is 0.781. The van der Waals surface area contributed by atoms with Crippen LogP contribution in [0.4, 0.5) is 0 Å². The molecule has 0 fully saturated rings. The molecule has 14 heavy (non-hydrogen) atoms. The third-order valence-corrected chi connectivity index (χ3v) is 3.33. The minimum absolute atomic E-state index is 0.481. The van der Waals surface area contributed by atoms with Crippen LogP contribution in [0.1, 0.15) is 40.0 Å². The van der Waals surface area contributed by atoms with Crippen LogP contribution < -0.4 is 5.11 Å². The fraction of sp³-hybridized carbons (Fsp3) is 0.909. The zero-order valence-electron chi connectivity index (χ0n) is 10.1. The minimum atomic E-state index is -0.973. The number of hydrogen-bond acceptors (Lipinski definition) is 2. The number of carboxylic acids is 1. The van der Waals surface area contributed by atoms with E-state index in [-0.39, 0.29) is 0 Å². The molecule has 0 aliphatic carbocycles. The molecule has 0 saturated carbocycles. The second-order valence-corrected chi connectivity index (χ2v) is 4.96. The van der Waals surface area contributed by atoms with Gasteiger partial charge in [0.1, 0.15) is 11.5 Å². The maximum absolute atomic E-state index is 11.0. The van der Waals surface area contributed by atoms with Gasteiger partial charge in [-0.3, -0.25) is 0 Å². The standard InChI is InChI=1S/C11H23NO2/c1-6-7-8-9-12(4,5)11(2,3)10(13)14/h6-9H2,1-5H3. The summed E-state index contributed by atoms with van der Waals surface area (Å²) < 4.78 is 0.481. The lowest BCUT2D eigenvalue weighted by Crippen LogP contribution is -2.64. The molecule has 3 nitrogen and oxygen atoms in total. The van der Waals surface area contributed by atoms with Crippen LogP contribution >= 0.6 is 0 Å². The molecule has 0 amide bonds. The number of quaternary nitrogens is 1. The van der Waals surface area contributed by atoms with Crippen molar-refractivity contribution in [2.45, 2.75) is 45.6 Å². The van der Waals surface area contributed by atoms with Gasteiger partial charge in [-0.25, -0.2) is 0 Å². The Morgan fingerprint density at radius 1 is 1.29 bits per heavy atom. The number of carboxylic acid groups (broad SMARTS) is 1. The molecular formula is C11H23NO2. The first-order chi connectivity index (χ1) is 6.25. The summed E-state index contributed by atoms with van der Waals surface area (Å²) in [5.41, 5.74) is -0.812. The van der Waals surface area contributed by atoms with E-state index in [4.69, 9.17) is 0 Å². The van der Waals surface area contributed by atoms with Crippen LogP contribution in [0.2, 0.25) is 0 Å². The number of carbonyl (C=O) groups excluding carboxylic acids is 1. The van der Waals surface area contributed by atoms with Crippen molar-refractivity contribution in [1.29, 1.82) is 0 Å². The third kappa shape index (κ3) is 2.98. The highest BCUT2D eigenvalue weighted by Crippen LogP contribution is 2.20. The smallest absolute Gasteiger partial charge is 0.133 e. The van der Waals surface area contributed by atoms with Crippen molar-refractivity contribution in [3.63, 3.8) is 0 Å². The Hall–Kier alpha value is -0.570. The first-order valence-electron chi connectivity index (χ1n) is 5.30. The molecular weight excluding hydrogens is 178 g/mol. The molecule has 0 heterocycles. The number of carbonyl (C=O) groups is 1. The van der Waals surface area contributed by atoms with Crippen molar-refractivity contribution >= 4 is 5.97 Å². The van der Waals surface area contributed by atoms with Gasteiger partial charge in [-0.15, -0.1) is 0 Å². The van der Waals surface area contributed by atoms with Gasteiger partial charge in [0.15, 0.2) is 0 Å². The van der Waals surface area contributed by atoms with Gasteiger partial charge in [0.2, 0.25) is 0 Å². The van der Waals surface area contributed by atoms with E-state index < -0.39 is 11.5 Å². The first kappa shape index (κ1) is 13.4. The highest BCUT2D eigenvalue weighted by molar-refractivity contribution is 5.73. The fourth-order valence-electron chi connectivity index (χ4n) is 1.28. The average molecular weight is 201 g/mol. The van der Waals surface area contributed by atoms with Gasteiger partial charge in [-0.2, -0.15) is 0 Å². The Morgan fingerprint density at radius 3 is 2.14 bits per heavy atom. The van der Waals surface area contributed by atoms with Gasteiger partial charge in [0.05, 0.1) is 20.6 Å². The van der Waals surface area contributed by atoms with Gasteiger partial charge >= 0.3 is 0 Å². The Labute approximate surface area is 87.3 Å². The normalized spacial score (nSPS) is 12.9. The van der Waals surface area contributed by atoms with Gasteiger partial charge in [-0.05, 0) is 26.7 Å². The summed E-state index contributed by atoms with van der Waals surface area (Å²) in [6.07, 6.45) is 3.39. The maximum atomic E-state index is 11.0. The first-order valence-corrected chi connectivity index (χ1v) is 5.30. The van der Waals surface area contributed by atoms with Crippen molar-refractivity contribution in [2.24, 2.45) is 0 Å². The van der Waals surface area contributed by atoms with Crippen molar-refractivity contribution in [1.82, 2.24) is 0 Å². The summed E-state index contributed by atoms with van der Waals surface area (Å²) in [7, 11) is 3.90. The van der Waals surface area contributed by atoms with E-state index in [0.717, 1.165) is 25.8 Å². The number of aliphatic carboxylic acids is 1. The van der Waals surface area contributed by atoms with Gasteiger partial charge < -0.3 is 14.4 Å². The van der Waals surface area contributed by atoms with Crippen LogP contribution in [-0.2, 0) is 4.79 Å². The summed E-state index contributed by atoms with van der Waals surface area (Å²) in [5, 5.41) is 11.0. The quantitative estimate of drug-likeness (QED) is 0.470. The summed E-state index contributed by atoms with van der Waals surface area (Å²) >= 11 is 0. The number of hydrogen-bond donors (Lipinski definition) is 0. The van der Waals surface area contributed by atoms with Crippen LogP contribution in [0.5, 0.6) is 0 Å². The fourth-order valence-corrected chi connectivity index (χ4v) is 1.28. The maximum Gasteiger partial charge on any atom is 0.133 e. The van der Waals surface area contributed by atoms with E-state index in [0.29, 0.717) is 4.48 Å². The van der Waals surface area contributed by atoms with Crippen molar-refractivity contribution in [3.8, 4) is 0 Å². The minimum Gasteiger partial charge on any atom is -0.544 e. The van der Waals surface area contributed by atoms with E-state index >= 15 is 0 Å². The lowest BCUT2D eigenvalue weighted by atomic mass is 10.00. The summed E-state index contributed by atoms with van der Waals surface area (Å²) in [6.45, 7) is 6.49. The topological polar surface area (TPSA) is 40.1 Å². The number of unbranched alkanes of at least 4 members (excludes halogenated alkanes) is 2. The van der Waals surface area contributed by atoms with Crippen LogP contribution in [0.3, 0.4) is 0 Å². The average Bonchev–Trinajstić information content (AvgIpc) is 2.04. The van der Waals surface area contributed by atoms with E-state index in [1.165, 1.54) is 0 Å². The SMILES string of the molecule is CCCCC[N+](C)(C)C(C)(C)C(=O)[O-]. The molecule has 0 aliphatic rings. The molecule has 0 spiro atoms. The number of rotatable bonds is 6. The molecule has 0 unspecified atom stereocenters. The number of likely N-dealkylation sites (N-methyl/N-ethyl adjacent to an activating group) is 1. The molecule has 0 rings (SSSR count). The molecule has 3 heteroatoms. The Morgan fingerprint density at radius 2 is 1.79 bits per heavy atom. The van der Waals surface area contributed by atoms with Crippen LogP contribution in [0.15, 0.2) is 0 Å². The molecule has 0 aromatic rings. The largest absolute Gasteiger partial charge is 0.544 e. The van der Waals surface area contributed by atoms with E-state index in [2.05, 4.69) is 6.92 Å². The molecule has 0 N–H and O–H groups in total. The van der Waals surface area contributed by atoms with E-state index in [9.17, 15) is 9.90 Å². The van der Waals surface area contributed by atoms with Crippen LogP contribution in [0, 0.1) is 0 Å². The van der Waals surface area contributed by atoms with Gasteiger partial charge in [0.25, 0.3) is 0 Å². The van der Waals surface area contributed by atoms with Crippen LogP contribution in [-0.4, -0.2) is 36.6 Å². The van der Waals surface area contributed by atoms with Crippen molar-refractivity contribution < 1.29 is 14.4 Å². The zero-order chi connectivity index (χ0) is 11.4. The molecule has 0 saturated heterocycles. The van der Waals surface area contributed by atoms with Crippen molar-refractivity contribution in [2.75, 3.05) is 20.6 Å². The highest BCUT2D eigenvalue weighted by atomic mass is 16.4. The van der Waals surface area contributed by atoms with E-state index in [1.54, 1.807) is 13.8 Å². The second-order valence-electron chi connectivity index (χ2n) is 4.96. The molecule has 0 bridgehead atoms. The Bertz CT molecular complexity index is 197. The molecule has 0 radical (unpaired) electrons. The van der Waals surface area contributed by atoms with Gasteiger partial charge in [-0.1, -0.05) is 13.3 Å². The summed E-state index contributed by atoms with van der Waals surface area (Å²) in [5.74, 6) is -0.973. The third-order valence-electron chi connectivity index (χ3n) is 3.33. The summed E-state index contributed by atoms with van der Waals surface area (Å²) in [4.78, 5) is 11.0. The molecule has 0 aromatic heterocycles. The monoisotopic (exact) mass is 201 g/mol. The lowest BCUT2D eigenvalue weighted by Gasteiger charge is -2.45. The molecule has 0 aromatic carbocycles. The molecule has 0 atom stereocenters. The van der Waals surface area contributed by atoms with E-state index in [1.807, 2.05) is 14.1 Å². The predicted molar refractivity (Wildman–Crippen MR) is 55.6 cm³/mol. The lowest BCUT2D eigenvalue weighted by molar-refractivity contribution is -0.930. The second kappa shape index (κ2) is 4.78. The summed E-state index contributed by atoms with van der Waals surface area (Å²) in [6, 6.07) is 0. The number of nitrogens with zero attached hydrogens (tertiary/aromatic N) is 1. The molecule has 0 aliphatic heterocycles. The zero-order valence-corrected chi connectivity index (χ0v) is 10.1. The van der Waals surface area contributed by atoms with Crippen LogP contribution in [0.25, 0.3) is 0 Å². The van der Waals surface area contributed by atoms with Crippen molar-refractivity contribution in [3.05, 3.63) is 0 Å². The highest BCUT2D eigenvalue weighted by Gasteiger charge is 2.37.